The van der Waals surface area contributed by atoms with Crippen LogP contribution in [0.4, 0.5) is 11.6 Å². The Kier molecular flexibility index (Phi) is 8.00. The van der Waals surface area contributed by atoms with Gasteiger partial charge >= 0.3 is 0 Å². The summed E-state index contributed by atoms with van der Waals surface area (Å²) < 4.78 is 5.59. The Balaban J connectivity index is 2.51. The third kappa shape index (κ3) is 6.27. The molecule has 0 fully saturated rings. The lowest BCUT2D eigenvalue weighted by atomic mass is 10.1. The van der Waals surface area contributed by atoms with E-state index in [4.69, 9.17) is 10.6 Å². The zero-order valence-electron chi connectivity index (χ0n) is 13.7. The smallest absolute Gasteiger partial charge is 0.148 e. The maximum Gasteiger partial charge on any atom is 0.148 e. The molecule has 0 aromatic carbocycles. The lowest BCUT2D eigenvalue weighted by Crippen LogP contribution is -2.17. The number of hydrogen-bond acceptors (Lipinski definition) is 6. The fraction of sp³-hybridized carbons (Fsp3) is 0.733. The van der Waals surface area contributed by atoms with E-state index in [0.717, 1.165) is 49.6 Å². The molecule has 1 heterocycles. The van der Waals surface area contributed by atoms with Gasteiger partial charge in [0.15, 0.2) is 0 Å². The van der Waals surface area contributed by atoms with E-state index in [0.29, 0.717) is 18.3 Å². The van der Waals surface area contributed by atoms with Crippen molar-refractivity contribution in [3.8, 4) is 0 Å². The van der Waals surface area contributed by atoms with Gasteiger partial charge in [-0.3, -0.25) is 0 Å². The number of hydrogen-bond donors (Lipinski definition) is 3. The van der Waals surface area contributed by atoms with Crippen LogP contribution in [-0.4, -0.2) is 29.7 Å². The van der Waals surface area contributed by atoms with E-state index in [2.05, 4.69) is 41.5 Å². The van der Waals surface area contributed by atoms with Gasteiger partial charge in [-0.05, 0) is 25.7 Å². The van der Waals surface area contributed by atoms with Crippen molar-refractivity contribution in [2.24, 2.45) is 11.8 Å². The van der Waals surface area contributed by atoms with Crippen LogP contribution in [0.5, 0.6) is 0 Å². The molecule has 1 aromatic rings. The van der Waals surface area contributed by atoms with Crippen LogP contribution in [0.1, 0.15) is 45.0 Å². The second kappa shape index (κ2) is 9.52. The second-order valence-corrected chi connectivity index (χ2v) is 5.58. The third-order valence-electron chi connectivity index (χ3n) is 3.18. The molecule has 0 radical (unpaired) electrons. The summed E-state index contributed by atoms with van der Waals surface area (Å²) >= 11 is 0. The fourth-order valence-electron chi connectivity index (χ4n) is 1.87. The van der Waals surface area contributed by atoms with Gasteiger partial charge in [-0.25, -0.2) is 15.8 Å². The number of aromatic nitrogens is 2. The molecule has 0 spiro atoms. The summed E-state index contributed by atoms with van der Waals surface area (Å²) in [5.41, 5.74) is 3.57. The molecular weight excluding hydrogens is 266 g/mol. The van der Waals surface area contributed by atoms with Gasteiger partial charge in [0.05, 0.1) is 6.61 Å². The largest absolute Gasteiger partial charge is 0.380 e. The third-order valence-corrected chi connectivity index (χ3v) is 3.18. The van der Waals surface area contributed by atoms with E-state index in [-0.39, 0.29) is 0 Å². The van der Waals surface area contributed by atoms with Crippen molar-refractivity contribution >= 4 is 11.6 Å². The van der Waals surface area contributed by atoms with Crippen molar-refractivity contribution in [3.05, 3.63) is 11.4 Å². The van der Waals surface area contributed by atoms with E-state index in [1.807, 2.05) is 6.92 Å². The summed E-state index contributed by atoms with van der Waals surface area (Å²) in [5, 5.41) is 3.30. The molecule has 0 bridgehead atoms. The molecule has 0 unspecified atom stereocenters. The topological polar surface area (TPSA) is 85.1 Å². The highest BCUT2D eigenvalue weighted by molar-refractivity contribution is 5.56. The van der Waals surface area contributed by atoms with E-state index in [1.54, 1.807) is 0 Å². The average molecular weight is 295 g/mol. The first-order valence-corrected chi connectivity index (χ1v) is 7.74. The summed E-state index contributed by atoms with van der Waals surface area (Å²) in [4.78, 5) is 8.94. The highest BCUT2D eigenvalue weighted by atomic mass is 16.5. The number of anilines is 2. The molecule has 0 aliphatic carbocycles. The predicted molar refractivity (Wildman–Crippen MR) is 87.3 cm³/mol. The summed E-state index contributed by atoms with van der Waals surface area (Å²) in [6.07, 6.45) is 2.94. The van der Waals surface area contributed by atoms with Crippen LogP contribution in [0.3, 0.4) is 0 Å². The fourth-order valence-corrected chi connectivity index (χ4v) is 1.87. The number of nitrogens with two attached hydrogens (primary N) is 1. The highest BCUT2D eigenvalue weighted by Crippen LogP contribution is 2.19. The van der Waals surface area contributed by atoms with Crippen LogP contribution in [-0.2, 0) is 11.2 Å². The Morgan fingerprint density at radius 3 is 2.52 bits per heavy atom. The van der Waals surface area contributed by atoms with Gasteiger partial charge in [0.2, 0.25) is 0 Å². The van der Waals surface area contributed by atoms with Crippen LogP contribution < -0.4 is 16.6 Å². The molecule has 0 saturated heterocycles. The zero-order valence-corrected chi connectivity index (χ0v) is 13.7. The zero-order chi connectivity index (χ0) is 15.7. The van der Waals surface area contributed by atoms with Gasteiger partial charge in [-0.1, -0.05) is 20.8 Å². The van der Waals surface area contributed by atoms with Crippen LogP contribution in [0, 0.1) is 12.8 Å². The van der Waals surface area contributed by atoms with Gasteiger partial charge < -0.3 is 15.5 Å². The van der Waals surface area contributed by atoms with Gasteiger partial charge in [0.1, 0.15) is 17.5 Å². The molecule has 1 rings (SSSR count). The quantitative estimate of drug-likeness (QED) is 0.349. The predicted octanol–water partition coefficient (Wildman–Crippen LogP) is 2.50. The molecular formula is C15H29N5O. The van der Waals surface area contributed by atoms with Gasteiger partial charge in [0, 0.05) is 25.1 Å². The van der Waals surface area contributed by atoms with Crippen molar-refractivity contribution in [2.45, 2.75) is 47.0 Å². The van der Waals surface area contributed by atoms with Crippen molar-refractivity contribution in [1.29, 1.82) is 0 Å². The summed E-state index contributed by atoms with van der Waals surface area (Å²) in [6.45, 7) is 10.7. The van der Waals surface area contributed by atoms with Crippen LogP contribution in [0.2, 0.25) is 0 Å². The summed E-state index contributed by atoms with van der Waals surface area (Å²) in [5.74, 6) is 8.50. The molecule has 4 N–H and O–H groups in total. The summed E-state index contributed by atoms with van der Waals surface area (Å²) in [6, 6.07) is 0. The van der Waals surface area contributed by atoms with Crippen LogP contribution >= 0.6 is 0 Å². The maximum atomic E-state index is 5.59. The minimum atomic E-state index is 0.671. The number of aryl methyl sites for hydroxylation is 1. The molecule has 0 saturated carbocycles. The number of hydrazine groups is 1. The van der Waals surface area contributed by atoms with E-state index < -0.39 is 0 Å². The number of nitrogens with zero attached hydrogens (tertiary/aromatic N) is 2. The SMILES string of the molecule is CCCc1nc(NN)c(C)c(NCCOCCC(C)C)n1. The molecule has 0 aliphatic rings. The first kappa shape index (κ1) is 17.7. The van der Waals surface area contributed by atoms with E-state index in [9.17, 15) is 0 Å². The Morgan fingerprint density at radius 1 is 1.19 bits per heavy atom. The summed E-state index contributed by atoms with van der Waals surface area (Å²) in [7, 11) is 0. The monoisotopic (exact) mass is 295 g/mol. The Labute approximate surface area is 127 Å². The Bertz CT molecular complexity index is 423. The number of nitrogen functional groups attached to an aromatic ring is 1. The minimum absolute atomic E-state index is 0.671. The molecule has 6 nitrogen and oxygen atoms in total. The van der Waals surface area contributed by atoms with E-state index >= 15 is 0 Å². The highest BCUT2D eigenvalue weighted by Gasteiger charge is 2.09. The normalized spacial score (nSPS) is 11.0. The van der Waals surface area contributed by atoms with Gasteiger partial charge in [-0.2, -0.15) is 0 Å². The number of rotatable bonds is 10. The van der Waals surface area contributed by atoms with E-state index in [1.165, 1.54) is 0 Å². The average Bonchev–Trinajstić information content (AvgIpc) is 2.45. The Morgan fingerprint density at radius 2 is 1.90 bits per heavy atom. The molecule has 21 heavy (non-hydrogen) atoms. The van der Waals surface area contributed by atoms with Crippen molar-refractivity contribution < 1.29 is 4.74 Å². The lowest BCUT2D eigenvalue weighted by Gasteiger charge is -2.13. The molecule has 0 amide bonds. The first-order chi connectivity index (χ1) is 10.1. The Hall–Kier alpha value is -1.40. The van der Waals surface area contributed by atoms with Crippen molar-refractivity contribution in [3.63, 3.8) is 0 Å². The molecule has 0 atom stereocenters. The standard InChI is InChI=1S/C15H29N5O/c1-5-6-13-18-14(12(4)15(19-13)20-16)17-8-10-21-9-7-11(2)3/h11H,5-10,16H2,1-4H3,(H2,17,18,19,20). The van der Waals surface area contributed by atoms with Gasteiger partial charge in [-0.15, -0.1) is 0 Å². The van der Waals surface area contributed by atoms with Crippen molar-refractivity contribution in [2.75, 3.05) is 30.5 Å². The van der Waals surface area contributed by atoms with Crippen molar-refractivity contribution in [1.82, 2.24) is 9.97 Å². The molecule has 6 heteroatoms. The lowest BCUT2D eigenvalue weighted by molar-refractivity contribution is 0.132. The van der Waals surface area contributed by atoms with Crippen LogP contribution in [0.15, 0.2) is 0 Å². The molecule has 0 aliphatic heterocycles. The molecule has 120 valence electrons. The minimum Gasteiger partial charge on any atom is -0.380 e. The van der Waals surface area contributed by atoms with Crippen LogP contribution in [0.25, 0.3) is 0 Å². The molecule has 1 aromatic heterocycles. The number of nitrogens with one attached hydrogen (secondary N) is 2. The number of ether oxygens (including phenoxy) is 1. The second-order valence-electron chi connectivity index (χ2n) is 5.58. The maximum absolute atomic E-state index is 5.59. The van der Waals surface area contributed by atoms with Gasteiger partial charge in [0.25, 0.3) is 0 Å². The first-order valence-electron chi connectivity index (χ1n) is 7.74.